The second-order valence-electron chi connectivity index (χ2n) is 0.938. The Labute approximate surface area is 62.7 Å². The molecule has 0 radical (unpaired) electrons. The normalized spacial score (nSPS) is 8.50. The van der Waals surface area contributed by atoms with Crippen LogP contribution in [0.5, 0.6) is 0 Å². The van der Waals surface area contributed by atoms with E-state index in [4.69, 9.17) is 0 Å². The van der Waals surface area contributed by atoms with Gasteiger partial charge in [-0.3, -0.25) is 0 Å². The van der Waals surface area contributed by atoms with Crippen LogP contribution in [0.15, 0.2) is 12.4 Å². The van der Waals surface area contributed by atoms with Crippen LogP contribution in [0.4, 0.5) is 0 Å². The van der Waals surface area contributed by atoms with Gasteiger partial charge in [0.1, 0.15) is 0 Å². The van der Waals surface area contributed by atoms with E-state index in [0.29, 0.717) is 0 Å². The SMILES string of the molecule is [Ce][c]1ncc[nH]1. The van der Waals surface area contributed by atoms with Crippen molar-refractivity contribution in [1.29, 1.82) is 0 Å². The first-order valence-corrected chi connectivity index (χ1v) is 3.17. The van der Waals surface area contributed by atoms with Crippen molar-refractivity contribution >= 4 is 1.34 Å². The molecule has 0 saturated carbocycles. The van der Waals surface area contributed by atoms with Crippen LogP contribution in [0.3, 0.4) is 0 Å². The van der Waals surface area contributed by atoms with E-state index in [1.807, 2.05) is 6.20 Å². The van der Waals surface area contributed by atoms with Crippen molar-refractivity contribution in [3.8, 4) is 0 Å². The van der Waals surface area contributed by atoms with Crippen molar-refractivity contribution in [1.82, 2.24) is 9.97 Å². The summed E-state index contributed by atoms with van der Waals surface area (Å²) in [5.41, 5.74) is 0. The van der Waals surface area contributed by atoms with Crippen LogP contribution in [0, 0.1) is 39.6 Å². The molecule has 0 saturated heterocycles. The maximum absolute atomic E-state index is 3.92. The van der Waals surface area contributed by atoms with Gasteiger partial charge in [-0.1, -0.05) is 0 Å². The number of aromatic nitrogens is 2. The standard InChI is InChI=1S/C3H3N2.Ce/c1-2-5-3-4-1;/h1-2H,(H,4,5);. The fourth-order valence-electron chi connectivity index (χ4n) is 0.265. The molecular formula is C3H3CeN2. The van der Waals surface area contributed by atoms with Crippen molar-refractivity contribution in [2.24, 2.45) is 0 Å². The summed E-state index contributed by atoms with van der Waals surface area (Å²) < 4.78 is 1.11. The van der Waals surface area contributed by atoms with Crippen LogP contribution in [-0.4, -0.2) is 9.97 Å². The molecule has 1 aromatic heterocycles. The third-order valence-corrected chi connectivity index (χ3v) is 1.36. The molecule has 3 heteroatoms. The van der Waals surface area contributed by atoms with Gasteiger partial charge in [0.05, 0.1) is 0 Å². The Hall–Kier alpha value is 0.587. The van der Waals surface area contributed by atoms with Gasteiger partial charge in [-0.15, -0.1) is 0 Å². The molecule has 0 aromatic carbocycles. The number of imidazole rings is 1. The molecule has 0 bridgehead atoms. The van der Waals surface area contributed by atoms with Gasteiger partial charge in [-0.2, -0.15) is 0 Å². The molecule has 0 aliphatic rings. The van der Waals surface area contributed by atoms with Crippen molar-refractivity contribution in [3.05, 3.63) is 12.4 Å². The van der Waals surface area contributed by atoms with Crippen molar-refractivity contribution in [2.45, 2.75) is 0 Å². The number of hydrogen-bond acceptors (Lipinski definition) is 1. The average Bonchev–Trinajstić information content (AvgIpc) is 1.86. The molecule has 1 rings (SSSR count). The summed E-state index contributed by atoms with van der Waals surface area (Å²) in [6.45, 7) is 0. The second-order valence-corrected chi connectivity index (χ2v) is 2.42. The van der Waals surface area contributed by atoms with Crippen molar-refractivity contribution in [2.75, 3.05) is 0 Å². The summed E-state index contributed by atoms with van der Waals surface area (Å²) in [5, 5.41) is 0. The van der Waals surface area contributed by atoms with Gasteiger partial charge >= 0.3 is 63.4 Å². The van der Waals surface area contributed by atoms with Crippen LogP contribution in [0.2, 0.25) is 0 Å². The molecule has 6 heavy (non-hydrogen) atoms. The van der Waals surface area contributed by atoms with Crippen LogP contribution < -0.4 is 1.34 Å². The molecule has 1 aromatic rings. The fraction of sp³-hybridized carbons (Fsp3) is 0. The number of aromatic amines is 1. The van der Waals surface area contributed by atoms with E-state index < -0.39 is 0 Å². The summed E-state index contributed by atoms with van der Waals surface area (Å²) in [6.07, 6.45) is 3.60. The summed E-state index contributed by atoms with van der Waals surface area (Å²) in [5.74, 6) is 0. The van der Waals surface area contributed by atoms with Crippen LogP contribution in [0.1, 0.15) is 0 Å². The predicted molar refractivity (Wildman–Crippen MR) is 18.2 cm³/mol. The van der Waals surface area contributed by atoms with Gasteiger partial charge in [0, 0.05) is 0 Å². The minimum atomic E-state index is 1.03. The molecule has 2 nitrogen and oxygen atoms in total. The van der Waals surface area contributed by atoms with E-state index >= 15 is 0 Å². The Morgan fingerprint density at radius 1 is 1.83 bits per heavy atom. The number of H-pyrrole nitrogens is 1. The topological polar surface area (TPSA) is 28.7 Å². The summed E-state index contributed by atoms with van der Waals surface area (Å²) in [6, 6.07) is 0. The summed E-state index contributed by atoms with van der Waals surface area (Å²) >= 11 is 1.03. The predicted octanol–water partition coefficient (Wildman–Crippen LogP) is -0.416. The third kappa shape index (κ3) is 1.03. The number of nitrogens with zero attached hydrogens (tertiary/aromatic N) is 1. The zero-order valence-electron chi connectivity index (χ0n) is 3.10. The van der Waals surface area contributed by atoms with E-state index in [2.05, 4.69) is 9.97 Å². The molecule has 0 atom stereocenters. The van der Waals surface area contributed by atoms with E-state index in [1.54, 1.807) is 6.20 Å². The van der Waals surface area contributed by atoms with Gasteiger partial charge < -0.3 is 0 Å². The zero-order valence-corrected chi connectivity index (χ0v) is 6.24. The fourth-order valence-corrected chi connectivity index (χ4v) is 0.761. The van der Waals surface area contributed by atoms with Crippen molar-refractivity contribution in [3.63, 3.8) is 0 Å². The first-order chi connectivity index (χ1) is 2.89. The van der Waals surface area contributed by atoms with E-state index in [-0.39, 0.29) is 0 Å². The van der Waals surface area contributed by atoms with E-state index in [1.165, 1.54) is 0 Å². The number of nitrogens with one attached hydrogen (secondary N) is 1. The Balaban J connectivity index is 3.05. The molecule has 1 N–H and O–H groups in total. The monoisotopic (exact) mass is 207 g/mol. The second kappa shape index (κ2) is 2.04. The average molecular weight is 207 g/mol. The molecule has 0 aliphatic heterocycles. The molecule has 0 fully saturated rings. The summed E-state index contributed by atoms with van der Waals surface area (Å²) in [4.78, 5) is 6.87. The number of hydrogen-bond donors (Lipinski definition) is 1. The number of rotatable bonds is 0. The summed E-state index contributed by atoms with van der Waals surface area (Å²) in [7, 11) is 0. The zero-order chi connectivity index (χ0) is 4.41. The van der Waals surface area contributed by atoms with E-state index in [0.717, 1.165) is 41.0 Å². The Morgan fingerprint density at radius 3 is 2.83 bits per heavy atom. The molecule has 0 amide bonds. The first kappa shape index (κ1) is 4.74. The van der Waals surface area contributed by atoms with Crippen LogP contribution >= 0.6 is 0 Å². The van der Waals surface area contributed by atoms with Gasteiger partial charge in [-0.25, -0.2) is 0 Å². The molecule has 0 aliphatic carbocycles. The molecule has 1 heterocycles. The molecule has 29 valence electrons. The van der Waals surface area contributed by atoms with Crippen molar-refractivity contribution < 1.29 is 39.6 Å². The van der Waals surface area contributed by atoms with E-state index in [9.17, 15) is 0 Å². The molecule has 0 unspecified atom stereocenters. The van der Waals surface area contributed by atoms with Crippen LogP contribution in [-0.2, 0) is 0 Å². The van der Waals surface area contributed by atoms with Gasteiger partial charge in [0.15, 0.2) is 0 Å². The molecular weight excluding hydrogens is 204 g/mol. The quantitative estimate of drug-likeness (QED) is 0.615. The maximum atomic E-state index is 3.92. The minimum absolute atomic E-state index is 1.03. The van der Waals surface area contributed by atoms with Gasteiger partial charge in [-0.05, 0) is 0 Å². The molecule has 0 spiro atoms. The Bertz CT molecular complexity index is 112. The third-order valence-electron chi connectivity index (χ3n) is 0.498. The van der Waals surface area contributed by atoms with Crippen LogP contribution in [0.25, 0.3) is 0 Å². The van der Waals surface area contributed by atoms with Gasteiger partial charge in [0.25, 0.3) is 0 Å². The first-order valence-electron chi connectivity index (χ1n) is 1.60. The Morgan fingerprint density at radius 2 is 2.67 bits per heavy atom. The van der Waals surface area contributed by atoms with Gasteiger partial charge in [0.2, 0.25) is 0 Å². The Kier molecular flexibility index (Phi) is 1.61.